The molecule has 1 N–H and O–H groups in total. The number of unbranched alkanes of at least 4 members (excludes halogenated alkanes) is 1. The minimum atomic E-state index is -0.478. The van der Waals surface area contributed by atoms with Crippen LogP contribution in [0, 0.1) is 0 Å². The van der Waals surface area contributed by atoms with E-state index >= 15 is 0 Å². The lowest BCUT2D eigenvalue weighted by Crippen LogP contribution is -2.21. The van der Waals surface area contributed by atoms with Crippen molar-refractivity contribution in [3.8, 4) is 0 Å². The second kappa shape index (κ2) is 11.7. The number of esters is 1. The molecule has 0 heterocycles. The number of amides is 1. The van der Waals surface area contributed by atoms with Crippen molar-refractivity contribution in [2.24, 2.45) is 0 Å². The molecule has 0 spiro atoms. The largest absolute Gasteiger partial charge is 0.452 e. The highest BCUT2D eigenvalue weighted by Gasteiger charge is 2.14. The van der Waals surface area contributed by atoms with E-state index in [1.54, 1.807) is 6.07 Å². The molecule has 0 radical (unpaired) electrons. The van der Waals surface area contributed by atoms with Gasteiger partial charge >= 0.3 is 5.97 Å². The molecule has 4 nitrogen and oxygen atoms in total. The molecule has 0 atom stereocenters. The maximum atomic E-state index is 12.6. The van der Waals surface area contributed by atoms with Gasteiger partial charge < -0.3 is 10.1 Å². The van der Waals surface area contributed by atoms with Crippen LogP contribution < -0.4 is 5.32 Å². The zero-order valence-corrected chi connectivity index (χ0v) is 18.0. The van der Waals surface area contributed by atoms with E-state index in [-0.39, 0.29) is 12.5 Å². The molecule has 0 aromatic heterocycles. The first-order chi connectivity index (χ1) is 15.2. The lowest BCUT2D eigenvalue weighted by Gasteiger charge is -2.10. The lowest BCUT2D eigenvalue weighted by molar-refractivity contribution is -0.119. The van der Waals surface area contributed by atoms with Crippen LogP contribution in [0.3, 0.4) is 0 Å². The number of rotatable bonds is 10. The van der Waals surface area contributed by atoms with Gasteiger partial charge in [0, 0.05) is 5.69 Å². The first-order valence-electron chi connectivity index (χ1n) is 10.8. The summed E-state index contributed by atoms with van der Waals surface area (Å²) in [5.41, 5.74) is 4.58. The number of carbonyl (C=O) groups is 2. The zero-order chi connectivity index (χ0) is 21.9. The Bertz CT molecular complexity index is 981. The van der Waals surface area contributed by atoms with E-state index in [2.05, 4.69) is 24.4 Å². The number of hydrogen-bond donors (Lipinski definition) is 1. The molecule has 0 saturated carbocycles. The highest BCUT2D eigenvalue weighted by molar-refractivity contribution is 5.96. The van der Waals surface area contributed by atoms with Gasteiger partial charge in [-0.3, -0.25) is 4.79 Å². The highest BCUT2D eigenvalue weighted by Crippen LogP contribution is 2.15. The number of nitrogens with one attached hydrogen (secondary N) is 1. The summed E-state index contributed by atoms with van der Waals surface area (Å²) in [6, 6.07) is 25.3. The molecule has 31 heavy (non-hydrogen) atoms. The maximum Gasteiger partial charge on any atom is 0.338 e. The molecule has 160 valence electrons. The van der Waals surface area contributed by atoms with Crippen LogP contribution >= 0.6 is 0 Å². The van der Waals surface area contributed by atoms with Crippen molar-refractivity contribution in [3.05, 3.63) is 101 Å². The first kappa shape index (κ1) is 22.3. The van der Waals surface area contributed by atoms with E-state index < -0.39 is 5.97 Å². The normalized spacial score (nSPS) is 10.5. The third-order valence-corrected chi connectivity index (χ3v) is 5.15. The molecule has 4 heteroatoms. The number of benzene rings is 3. The van der Waals surface area contributed by atoms with Crippen molar-refractivity contribution in [1.82, 2.24) is 0 Å². The second-order valence-electron chi connectivity index (χ2n) is 7.57. The number of carbonyl (C=O) groups excluding carboxylic acids is 2. The van der Waals surface area contributed by atoms with Crippen molar-refractivity contribution in [2.75, 3.05) is 11.9 Å². The van der Waals surface area contributed by atoms with E-state index in [9.17, 15) is 9.59 Å². The van der Waals surface area contributed by atoms with Gasteiger partial charge in [0.15, 0.2) is 6.61 Å². The number of ether oxygens (including phenoxy) is 1. The smallest absolute Gasteiger partial charge is 0.338 e. The Hall–Kier alpha value is -3.40. The molecule has 3 rings (SSSR count). The van der Waals surface area contributed by atoms with E-state index in [4.69, 9.17) is 4.74 Å². The monoisotopic (exact) mass is 415 g/mol. The maximum absolute atomic E-state index is 12.6. The van der Waals surface area contributed by atoms with Gasteiger partial charge in [-0.2, -0.15) is 0 Å². The number of aryl methyl sites for hydroxylation is 3. The van der Waals surface area contributed by atoms with Gasteiger partial charge in [0.25, 0.3) is 5.91 Å². The third-order valence-electron chi connectivity index (χ3n) is 5.15. The Kier molecular flexibility index (Phi) is 8.41. The molecular weight excluding hydrogens is 386 g/mol. The highest BCUT2D eigenvalue weighted by atomic mass is 16.5. The number of hydrogen-bond acceptors (Lipinski definition) is 3. The Morgan fingerprint density at radius 3 is 2.19 bits per heavy atom. The molecular formula is C27H29NO3. The van der Waals surface area contributed by atoms with E-state index in [1.807, 2.05) is 60.7 Å². The molecule has 0 aliphatic heterocycles. The summed E-state index contributed by atoms with van der Waals surface area (Å²) in [6.45, 7) is 1.85. The standard InChI is InChI=1S/C27H29NO3/c1-2-3-9-22-15-18-24(19-16-22)28-26(29)20-31-27(30)25-13-8-7-12-23(25)17-14-21-10-5-4-6-11-21/h4-8,10-13,15-16,18-19H,2-3,9,14,17,20H2,1H3,(H,28,29). The average Bonchev–Trinajstić information content (AvgIpc) is 2.81. The summed E-state index contributed by atoms with van der Waals surface area (Å²) in [7, 11) is 0. The first-order valence-corrected chi connectivity index (χ1v) is 10.8. The summed E-state index contributed by atoms with van der Waals surface area (Å²) in [6.07, 6.45) is 4.89. The summed E-state index contributed by atoms with van der Waals surface area (Å²) in [4.78, 5) is 24.8. The van der Waals surface area contributed by atoms with Crippen molar-refractivity contribution in [2.45, 2.75) is 39.0 Å². The van der Waals surface area contributed by atoms with Crippen molar-refractivity contribution < 1.29 is 14.3 Å². The topological polar surface area (TPSA) is 55.4 Å². The van der Waals surface area contributed by atoms with Crippen LogP contribution in [-0.4, -0.2) is 18.5 Å². The minimum Gasteiger partial charge on any atom is -0.452 e. The molecule has 0 fully saturated rings. The molecule has 0 unspecified atom stereocenters. The van der Waals surface area contributed by atoms with Gasteiger partial charge in [0.05, 0.1) is 5.56 Å². The Labute approximate surface area is 184 Å². The van der Waals surface area contributed by atoms with Gasteiger partial charge in [-0.25, -0.2) is 4.79 Å². The van der Waals surface area contributed by atoms with Crippen molar-refractivity contribution in [1.29, 1.82) is 0 Å². The quantitative estimate of drug-likeness (QED) is 0.438. The minimum absolute atomic E-state index is 0.316. The molecule has 0 bridgehead atoms. The molecule has 0 saturated heterocycles. The van der Waals surface area contributed by atoms with Crippen LogP contribution in [0.5, 0.6) is 0 Å². The summed E-state index contributed by atoms with van der Waals surface area (Å²) < 4.78 is 5.28. The molecule has 0 aliphatic rings. The lowest BCUT2D eigenvalue weighted by atomic mass is 10.00. The average molecular weight is 416 g/mol. The van der Waals surface area contributed by atoms with Crippen LogP contribution in [0.4, 0.5) is 5.69 Å². The van der Waals surface area contributed by atoms with Crippen molar-refractivity contribution in [3.63, 3.8) is 0 Å². The summed E-state index contributed by atoms with van der Waals surface area (Å²) in [5, 5.41) is 2.78. The Morgan fingerprint density at radius 1 is 0.774 bits per heavy atom. The van der Waals surface area contributed by atoms with Crippen LogP contribution in [0.2, 0.25) is 0 Å². The van der Waals surface area contributed by atoms with Gasteiger partial charge in [0.2, 0.25) is 0 Å². The van der Waals surface area contributed by atoms with E-state index in [1.165, 1.54) is 11.1 Å². The van der Waals surface area contributed by atoms with Gasteiger partial charge in [-0.1, -0.05) is 74.0 Å². The summed E-state index contributed by atoms with van der Waals surface area (Å²) >= 11 is 0. The SMILES string of the molecule is CCCCc1ccc(NC(=O)COC(=O)c2ccccc2CCc2ccccc2)cc1. The van der Waals surface area contributed by atoms with Gasteiger partial charge in [-0.15, -0.1) is 0 Å². The van der Waals surface area contributed by atoms with Crippen LogP contribution in [-0.2, 0) is 28.8 Å². The third kappa shape index (κ3) is 7.10. The van der Waals surface area contributed by atoms with Gasteiger partial charge in [-0.05, 0) is 60.6 Å². The van der Waals surface area contributed by atoms with Crippen LogP contribution in [0.25, 0.3) is 0 Å². The van der Waals surface area contributed by atoms with Gasteiger partial charge in [0.1, 0.15) is 0 Å². The molecule has 3 aromatic rings. The fourth-order valence-electron chi connectivity index (χ4n) is 3.40. The van der Waals surface area contributed by atoms with Crippen molar-refractivity contribution >= 4 is 17.6 Å². The van der Waals surface area contributed by atoms with Crippen LogP contribution in [0.15, 0.2) is 78.9 Å². The molecule has 3 aromatic carbocycles. The van der Waals surface area contributed by atoms with E-state index in [0.717, 1.165) is 37.7 Å². The fourth-order valence-corrected chi connectivity index (χ4v) is 3.40. The molecule has 1 amide bonds. The Balaban J connectivity index is 1.51. The Morgan fingerprint density at radius 2 is 1.45 bits per heavy atom. The predicted octanol–water partition coefficient (Wildman–Crippen LogP) is 5.61. The fraction of sp³-hybridized carbons (Fsp3) is 0.259. The number of anilines is 1. The zero-order valence-electron chi connectivity index (χ0n) is 18.0. The van der Waals surface area contributed by atoms with Crippen LogP contribution in [0.1, 0.15) is 46.8 Å². The second-order valence-corrected chi connectivity index (χ2v) is 7.57. The van der Waals surface area contributed by atoms with E-state index in [0.29, 0.717) is 11.3 Å². The molecule has 0 aliphatic carbocycles. The summed E-state index contributed by atoms with van der Waals surface area (Å²) in [5.74, 6) is -0.829. The predicted molar refractivity (Wildman–Crippen MR) is 124 cm³/mol.